The molecule has 1 saturated heterocycles. The summed E-state index contributed by atoms with van der Waals surface area (Å²) in [4.78, 5) is 15.2. The number of fused-ring (bicyclic) bond motifs is 1. The van der Waals surface area contributed by atoms with Crippen molar-refractivity contribution < 1.29 is 4.74 Å². The zero-order valence-electron chi connectivity index (χ0n) is 12.8. The van der Waals surface area contributed by atoms with Gasteiger partial charge in [0.1, 0.15) is 5.75 Å². The fourth-order valence-corrected chi connectivity index (χ4v) is 4.19. The van der Waals surface area contributed by atoms with Gasteiger partial charge in [-0.2, -0.15) is 0 Å². The van der Waals surface area contributed by atoms with Gasteiger partial charge in [-0.1, -0.05) is 0 Å². The van der Waals surface area contributed by atoms with Crippen LogP contribution in [0.5, 0.6) is 5.75 Å². The summed E-state index contributed by atoms with van der Waals surface area (Å²) in [7, 11) is 1.63. The number of hydrogen-bond acceptors (Lipinski definition) is 4. The molecule has 0 bridgehead atoms. The van der Waals surface area contributed by atoms with Crippen molar-refractivity contribution >= 4 is 27.1 Å². The molecule has 0 N–H and O–H groups in total. The molecule has 21 heavy (non-hydrogen) atoms. The molecule has 4 heteroatoms. The minimum Gasteiger partial charge on any atom is -0.497 e. The molecule has 0 spiro atoms. The van der Waals surface area contributed by atoms with Crippen molar-refractivity contribution in [1.29, 1.82) is 0 Å². The molecule has 0 unspecified atom stereocenters. The van der Waals surface area contributed by atoms with Crippen LogP contribution in [-0.2, 0) is 0 Å². The molecule has 3 rings (SSSR count). The van der Waals surface area contributed by atoms with Gasteiger partial charge >= 0.3 is 0 Å². The normalized spacial score (nSPS) is 22.5. The lowest BCUT2D eigenvalue weighted by atomic mass is 9.97. The van der Waals surface area contributed by atoms with E-state index in [1.807, 2.05) is 23.6 Å². The first kappa shape index (κ1) is 14.4. The predicted octanol–water partition coefficient (Wildman–Crippen LogP) is 4.04. The monoisotopic (exact) mass is 303 g/mol. The Labute approximate surface area is 129 Å². The van der Waals surface area contributed by atoms with Crippen molar-refractivity contribution in [3.8, 4) is 5.75 Å². The van der Waals surface area contributed by atoms with Gasteiger partial charge < -0.3 is 9.64 Å². The highest BCUT2D eigenvalue weighted by atomic mass is 32.1. The summed E-state index contributed by atoms with van der Waals surface area (Å²) < 4.78 is 6.27. The van der Waals surface area contributed by atoms with Gasteiger partial charge in [-0.05, 0) is 51.3 Å². The summed E-state index contributed by atoms with van der Waals surface area (Å²) in [6, 6.07) is 6.59. The molecule has 0 saturated carbocycles. The molecule has 1 aliphatic rings. The van der Waals surface area contributed by atoms with Crippen LogP contribution in [0.25, 0.3) is 10.1 Å². The number of piperidine rings is 1. The summed E-state index contributed by atoms with van der Waals surface area (Å²) in [6.07, 6.45) is 3.56. The quantitative estimate of drug-likeness (QED) is 0.838. The zero-order valence-corrected chi connectivity index (χ0v) is 13.6. The Bertz CT molecular complexity index is 699. The molecular weight excluding hydrogens is 282 g/mol. The third-order valence-corrected chi connectivity index (χ3v) is 5.38. The van der Waals surface area contributed by atoms with Gasteiger partial charge in [0.05, 0.1) is 12.8 Å². The Morgan fingerprint density at radius 2 is 1.95 bits per heavy atom. The van der Waals surface area contributed by atoms with Crippen LogP contribution in [0.1, 0.15) is 33.1 Å². The number of nitrogens with zero attached hydrogens (tertiary/aromatic N) is 1. The second-order valence-electron chi connectivity index (χ2n) is 5.85. The van der Waals surface area contributed by atoms with Crippen LogP contribution in [0.3, 0.4) is 0 Å². The van der Waals surface area contributed by atoms with E-state index in [0.717, 1.165) is 34.4 Å². The molecule has 2 heterocycles. The van der Waals surface area contributed by atoms with E-state index in [9.17, 15) is 4.79 Å². The highest BCUT2D eigenvalue weighted by Gasteiger charge is 2.27. The van der Waals surface area contributed by atoms with E-state index in [-0.39, 0.29) is 5.43 Å². The standard InChI is InChI=1S/C17H21NO2S/c1-11-5-4-6-12(2)18(11)15-10-21-16-8-7-13(20-3)9-14(16)17(15)19/h7-12H,4-6H2,1-3H3/t11-,12+. The Morgan fingerprint density at radius 3 is 2.62 bits per heavy atom. The molecular formula is C17H21NO2S. The average molecular weight is 303 g/mol. The van der Waals surface area contributed by atoms with Crippen molar-refractivity contribution in [2.45, 2.75) is 45.2 Å². The predicted molar refractivity (Wildman–Crippen MR) is 89.9 cm³/mol. The Kier molecular flexibility index (Phi) is 3.89. The van der Waals surface area contributed by atoms with Gasteiger partial charge in [0, 0.05) is 27.5 Å². The molecule has 1 aromatic carbocycles. The lowest BCUT2D eigenvalue weighted by molar-refractivity contribution is 0.414. The summed E-state index contributed by atoms with van der Waals surface area (Å²) in [5.74, 6) is 0.740. The van der Waals surface area contributed by atoms with E-state index in [4.69, 9.17) is 4.74 Å². The van der Waals surface area contributed by atoms with Crippen LogP contribution >= 0.6 is 11.3 Å². The third kappa shape index (κ3) is 2.53. The van der Waals surface area contributed by atoms with Crippen LogP contribution in [0.15, 0.2) is 28.4 Å². The fourth-order valence-electron chi connectivity index (χ4n) is 3.30. The van der Waals surface area contributed by atoms with E-state index in [1.54, 1.807) is 18.4 Å². The molecule has 0 radical (unpaired) electrons. The number of hydrogen-bond donors (Lipinski definition) is 0. The third-order valence-electron chi connectivity index (χ3n) is 4.43. The minimum atomic E-state index is 0.128. The first-order valence-electron chi connectivity index (χ1n) is 7.49. The first-order valence-corrected chi connectivity index (χ1v) is 8.37. The lowest BCUT2D eigenvalue weighted by Gasteiger charge is -2.40. The molecule has 1 aromatic heterocycles. The molecule has 0 aliphatic carbocycles. The number of methoxy groups -OCH3 is 1. The van der Waals surface area contributed by atoms with Gasteiger partial charge in [0.15, 0.2) is 0 Å². The number of rotatable bonds is 2. The first-order chi connectivity index (χ1) is 10.1. The van der Waals surface area contributed by atoms with Crippen LogP contribution < -0.4 is 15.1 Å². The highest BCUT2D eigenvalue weighted by molar-refractivity contribution is 7.16. The Morgan fingerprint density at radius 1 is 1.24 bits per heavy atom. The van der Waals surface area contributed by atoms with Crippen molar-refractivity contribution in [3.05, 3.63) is 33.8 Å². The Balaban J connectivity index is 2.14. The maximum atomic E-state index is 12.9. The topological polar surface area (TPSA) is 29.5 Å². The molecule has 0 amide bonds. The second-order valence-corrected chi connectivity index (χ2v) is 6.76. The molecule has 2 atom stereocenters. The second kappa shape index (κ2) is 5.68. The van der Waals surface area contributed by atoms with Gasteiger partial charge in [-0.25, -0.2) is 0 Å². The number of benzene rings is 1. The molecule has 1 aliphatic heterocycles. The highest BCUT2D eigenvalue weighted by Crippen LogP contribution is 2.30. The number of ether oxygens (including phenoxy) is 1. The summed E-state index contributed by atoms with van der Waals surface area (Å²) in [6.45, 7) is 4.44. The van der Waals surface area contributed by atoms with Crippen molar-refractivity contribution in [2.75, 3.05) is 12.0 Å². The molecule has 3 nitrogen and oxygen atoms in total. The van der Waals surface area contributed by atoms with Crippen LogP contribution in [-0.4, -0.2) is 19.2 Å². The SMILES string of the molecule is COc1ccc2scc(N3[C@H](C)CCC[C@@H]3C)c(=O)c2c1. The van der Waals surface area contributed by atoms with E-state index in [2.05, 4.69) is 18.7 Å². The van der Waals surface area contributed by atoms with Crippen LogP contribution in [0, 0.1) is 0 Å². The number of anilines is 1. The molecule has 112 valence electrons. The zero-order chi connectivity index (χ0) is 15.0. The van der Waals surface area contributed by atoms with Crippen LogP contribution in [0.2, 0.25) is 0 Å². The van der Waals surface area contributed by atoms with Crippen molar-refractivity contribution in [1.82, 2.24) is 0 Å². The smallest absolute Gasteiger partial charge is 0.211 e. The van der Waals surface area contributed by atoms with Gasteiger partial charge in [-0.3, -0.25) is 4.79 Å². The van der Waals surface area contributed by atoms with E-state index < -0.39 is 0 Å². The summed E-state index contributed by atoms with van der Waals surface area (Å²) in [5.41, 5.74) is 0.976. The summed E-state index contributed by atoms with van der Waals surface area (Å²) >= 11 is 1.64. The van der Waals surface area contributed by atoms with Crippen LogP contribution in [0.4, 0.5) is 5.69 Å². The maximum Gasteiger partial charge on any atom is 0.211 e. The lowest BCUT2D eigenvalue weighted by Crippen LogP contribution is -2.45. The van der Waals surface area contributed by atoms with E-state index in [0.29, 0.717) is 12.1 Å². The largest absolute Gasteiger partial charge is 0.497 e. The van der Waals surface area contributed by atoms with Crippen molar-refractivity contribution in [2.24, 2.45) is 0 Å². The van der Waals surface area contributed by atoms with E-state index >= 15 is 0 Å². The summed E-state index contributed by atoms with van der Waals surface area (Å²) in [5, 5.41) is 2.79. The van der Waals surface area contributed by atoms with Gasteiger partial charge in [0.25, 0.3) is 0 Å². The van der Waals surface area contributed by atoms with Crippen molar-refractivity contribution in [3.63, 3.8) is 0 Å². The maximum absolute atomic E-state index is 12.9. The average Bonchev–Trinajstić information content (AvgIpc) is 2.49. The Hall–Kier alpha value is -1.55. The van der Waals surface area contributed by atoms with Gasteiger partial charge in [0.2, 0.25) is 5.43 Å². The van der Waals surface area contributed by atoms with Gasteiger partial charge in [-0.15, -0.1) is 11.3 Å². The fraction of sp³-hybridized carbons (Fsp3) is 0.471. The molecule has 1 fully saturated rings. The minimum absolute atomic E-state index is 0.128. The van der Waals surface area contributed by atoms with E-state index in [1.165, 1.54) is 6.42 Å². The molecule has 2 aromatic rings.